The number of nitrogens with one attached hydrogen (secondary N) is 1. The number of nitrogens with two attached hydrogens (primary N) is 1. The zero-order valence-corrected chi connectivity index (χ0v) is 11.8. The van der Waals surface area contributed by atoms with Crippen LogP contribution in [0.3, 0.4) is 0 Å². The van der Waals surface area contributed by atoms with Crippen molar-refractivity contribution >= 4 is 23.3 Å². The summed E-state index contributed by atoms with van der Waals surface area (Å²) in [7, 11) is 0. The normalized spacial score (nSPS) is 16.9. The fourth-order valence-corrected chi connectivity index (χ4v) is 2.33. The van der Waals surface area contributed by atoms with Gasteiger partial charge < -0.3 is 10.5 Å². The van der Waals surface area contributed by atoms with Gasteiger partial charge in [-0.05, 0) is 43.5 Å². The predicted molar refractivity (Wildman–Crippen MR) is 77.0 cm³/mol. The Morgan fingerprint density at radius 2 is 2.15 bits per heavy atom. The molecular weight excluding hydrogens is 256 g/mol. The SMILES string of the molecule is CC/C(=C/C(N)=O)c1ccc2c(c1)C(C)(C)OC(=O)N2. The van der Waals surface area contributed by atoms with Crippen LogP contribution in [0.1, 0.15) is 38.3 Å². The second-order valence-corrected chi connectivity index (χ2v) is 5.21. The van der Waals surface area contributed by atoms with Crippen molar-refractivity contribution in [1.29, 1.82) is 0 Å². The number of benzene rings is 1. The molecule has 1 aliphatic heterocycles. The number of carbonyl (C=O) groups excluding carboxylic acids is 2. The monoisotopic (exact) mass is 274 g/mol. The van der Waals surface area contributed by atoms with Crippen LogP contribution >= 0.6 is 0 Å². The quantitative estimate of drug-likeness (QED) is 0.831. The third kappa shape index (κ3) is 2.66. The highest BCUT2D eigenvalue weighted by Crippen LogP contribution is 2.37. The molecule has 2 amide bonds. The molecule has 3 N–H and O–H groups in total. The molecule has 0 saturated heterocycles. The minimum absolute atomic E-state index is 0.460. The summed E-state index contributed by atoms with van der Waals surface area (Å²) in [5, 5.41) is 2.67. The van der Waals surface area contributed by atoms with Gasteiger partial charge in [-0.15, -0.1) is 0 Å². The Kier molecular flexibility index (Phi) is 3.53. The van der Waals surface area contributed by atoms with Crippen molar-refractivity contribution in [1.82, 2.24) is 0 Å². The van der Waals surface area contributed by atoms with E-state index < -0.39 is 17.6 Å². The lowest BCUT2D eigenvalue weighted by atomic mass is 9.90. The first-order valence-electron chi connectivity index (χ1n) is 6.48. The highest BCUT2D eigenvalue weighted by atomic mass is 16.6. The lowest BCUT2D eigenvalue weighted by Gasteiger charge is -2.33. The summed E-state index contributed by atoms with van der Waals surface area (Å²) in [6.45, 7) is 5.62. The van der Waals surface area contributed by atoms with Gasteiger partial charge in [0.05, 0.1) is 5.69 Å². The molecule has 0 bridgehead atoms. The molecule has 2 rings (SSSR count). The number of cyclic esters (lactones) is 1. The topological polar surface area (TPSA) is 81.4 Å². The van der Waals surface area contributed by atoms with E-state index in [0.29, 0.717) is 6.42 Å². The molecule has 0 aliphatic carbocycles. The molecule has 0 radical (unpaired) electrons. The molecule has 0 spiro atoms. The molecule has 1 heterocycles. The predicted octanol–water partition coefficient (Wildman–Crippen LogP) is 2.76. The van der Waals surface area contributed by atoms with Gasteiger partial charge in [0.1, 0.15) is 5.60 Å². The van der Waals surface area contributed by atoms with Crippen molar-refractivity contribution in [3.63, 3.8) is 0 Å². The van der Waals surface area contributed by atoms with Crippen LogP contribution in [0.4, 0.5) is 10.5 Å². The van der Waals surface area contributed by atoms with Crippen molar-refractivity contribution in [2.45, 2.75) is 32.8 Å². The fourth-order valence-electron chi connectivity index (χ4n) is 2.33. The van der Waals surface area contributed by atoms with Crippen molar-refractivity contribution in [2.24, 2.45) is 5.73 Å². The van der Waals surface area contributed by atoms with Gasteiger partial charge >= 0.3 is 6.09 Å². The Morgan fingerprint density at radius 3 is 2.75 bits per heavy atom. The second kappa shape index (κ2) is 5.00. The number of primary amides is 1. The molecule has 5 heteroatoms. The minimum Gasteiger partial charge on any atom is -0.438 e. The van der Waals surface area contributed by atoms with E-state index in [4.69, 9.17) is 10.5 Å². The number of allylic oxidation sites excluding steroid dienone is 1. The molecule has 0 aromatic heterocycles. The molecule has 0 fully saturated rings. The number of carbonyl (C=O) groups is 2. The first kappa shape index (κ1) is 14.1. The van der Waals surface area contributed by atoms with Crippen LogP contribution in [0.5, 0.6) is 0 Å². The van der Waals surface area contributed by atoms with E-state index in [1.807, 2.05) is 39.0 Å². The van der Waals surface area contributed by atoms with Crippen LogP contribution in [0.2, 0.25) is 0 Å². The van der Waals surface area contributed by atoms with Crippen molar-refractivity contribution < 1.29 is 14.3 Å². The van der Waals surface area contributed by atoms with Crippen molar-refractivity contribution in [3.8, 4) is 0 Å². The van der Waals surface area contributed by atoms with Crippen LogP contribution < -0.4 is 11.1 Å². The van der Waals surface area contributed by atoms with Crippen LogP contribution in [0.25, 0.3) is 5.57 Å². The van der Waals surface area contributed by atoms with Gasteiger partial charge in [-0.3, -0.25) is 10.1 Å². The summed E-state index contributed by atoms with van der Waals surface area (Å²) in [5.41, 5.74) is 7.86. The summed E-state index contributed by atoms with van der Waals surface area (Å²) in [4.78, 5) is 22.5. The highest BCUT2D eigenvalue weighted by molar-refractivity contribution is 5.95. The summed E-state index contributed by atoms with van der Waals surface area (Å²) in [5.74, 6) is -0.469. The molecule has 5 nitrogen and oxygen atoms in total. The van der Waals surface area contributed by atoms with Crippen LogP contribution in [-0.2, 0) is 15.1 Å². The van der Waals surface area contributed by atoms with Gasteiger partial charge in [-0.2, -0.15) is 0 Å². The number of fused-ring (bicyclic) bond motifs is 1. The average Bonchev–Trinajstić information content (AvgIpc) is 2.34. The Bertz CT molecular complexity index is 603. The first-order chi connectivity index (χ1) is 9.33. The maximum Gasteiger partial charge on any atom is 0.412 e. The number of rotatable bonds is 3. The van der Waals surface area contributed by atoms with E-state index in [9.17, 15) is 9.59 Å². The zero-order valence-electron chi connectivity index (χ0n) is 11.8. The largest absolute Gasteiger partial charge is 0.438 e. The van der Waals surface area contributed by atoms with Crippen molar-refractivity contribution in [2.75, 3.05) is 5.32 Å². The molecule has 1 aromatic carbocycles. The van der Waals surface area contributed by atoms with Gasteiger partial charge in [-0.25, -0.2) is 4.79 Å². The second-order valence-electron chi connectivity index (χ2n) is 5.21. The number of amides is 2. The molecule has 1 aromatic rings. The van der Waals surface area contributed by atoms with E-state index in [1.54, 1.807) is 0 Å². The van der Waals surface area contributed by atoms with Crippen LogP contribution in [0.15, 0.2) is 24.3 Å². The smallest absolute Gasteiger partial charge is 0.412 e. The summed E-state index contributed by atoms with van der Waals surface area (Å²) < 4.78 is 5.29. The molecular formula is C15H18N2O3. The van der Waals surface area contributed by atoms with E-state index in [0.717, 1.165) is 22.4 Å². The number of ether oxygens (including phenoxy) is 1. The molecule has 0 unspecified atom stereocenters. The Balaban J connectivity index is 2.51. The molecule has 106 valence electrons. The van der Waals surface area contributed by atoms with Gasteiger partial charge in [0, 0.05) is 11.6 Å². The third-order valence-electron chi connectivity index (χ3n) is 3.32. The standard InChI is InChI=1S/C15H18N2O3/c1-4-9(8-13(16)18)10-5-6-12-11(7-10)15(2,3)20-14(19)17-12/h5-8H,4H2,1-3H3,(H2,16,18)(H,17,19)/b9-8-. The fraction of sp³-hybridized carbons (Fsp3) is 0.333. The molecule has 0 atom stereocenters. The van der Waals surface area contributed by atoms with Gasteiger partial charge in [0.15, 0.2) is 0 Å². The zero-order chi connectivity index (χ0) is 14.9. The molecule has 1 aliphatic rings. The van der Waals surface area contributed by atoms with Gasteiger partial charge in [0.25, 0.3) is 0 Å². The minimum atomic E-state index is -0.709. The van der Waals surface area contributed by atoms with Crippen molar-refractivity contribution in [3.05, 3.63) is 35.4 Å². The lowest BCUT2D eigenvalue weighted by Crippen LogP contribution is -2.34. The summed E-state index contributed by atoms with van der Waals surface area (Å²) in [6, 6.07) is 5.60. The number of hydrogen-bond donors (Lipinski definition) is 2. The first-order valence-corrected chi connectivity index (χ1v) is 6.48. The average molecular weight is 274 g/mol. The highest BCUT2D eigenvalue weighted by Gasteiger charge is 2.33. The molecule has 20 heavy (non-hydrogen) atoms. The number of anilines is 1. The Hall–Kier alpha value is -2.30. The van der Waals surface area contributed by atoms with Gasteiger partial charge in [0.2, 0.25) is 5.91 Å². The lowest BCUT2D eigenvalue weighted by molar-refractivity contribution is -0.113. The van der Waals surface area contributed by atoms with Gasteiger partial charge in [-0.1, -0.05) is 13.0 Å². The Morgan fingerprint density at radius 1 is 1.45 bits per heavy atom. The van der Waals surface area contributed by atoms with Crippen LogP contribution in [0, 0.1) is 0 Å². The maximum absolute atomic E-state index is 11.5. The van der Waals surface area contributed by atoms with E-state index >= 15 is 0 Å². The summed E-state index contributed by atoms with van der Waals surface area (Å²) >= 11 is 0. The third-order valence-corrected chi connectivity index (χ3v) is 3.32. The number of hydrogen-bond acceptors (Lipinski definition) is 3. The van der Waals surface area contributed by atoms with E-state index in [-0.39, 0.29) is 0 Å². The van der Waals surface area contributed by atoms with Crippen LogP contribution in [-0.4, -0.2) is 12.0 Å². The molecule has 0 saturated carbocycles. The van der Waals surface area contributed by atoms with E-state index in [1.165, 1.54) is 6.08 Å². The summed E-state index contributed by atoms with van der Waals surface area (Å²) in [6.07, 6.45) is 1.66. The Labute approximate surface area is 117 Å². The van der Waals surface area contributed by atoms with E-state index in [2.05, 4.69) is 5.32 Å². The maximum atomic E-state index is 11.5.